The van der Waals surface area contributed by atoms with Gasteiger partial charge < -0.3 is 9.47 Å². The summed E-state index contributed by atoms with van der Waals surface area (Å²) in [7, 11) is 0. The van der Waals surface area contributed by atoms with E-state index in [2.05, 4.69) is 0 Å². The number of ether oxygens (including phenoxy) is 2. The fraction of sp³-hybridized carbons (Fsp3) is 0.250. The van der Waals surface area contributed by atoms with Crippen molar-refractivity contribution in [2.75, 3.05) is 26.4 Å². The third kappa shape index (κ3) is 8.83. The molecule has 176 valence electrons. The van der Waals surface area contributed by atoms with Crippen LogP contribution >= 0.6 is 0 Å². The molecule has 3 rings (SSSR count). The minimum atomic E-state index is -2.17. The molecule has 1 aliphatic heterocycles. The van der Waals surface area contributed by atoms with Crippen molar-refractivity contribution in [3.05, 3.63) is 70.3 Å². The zero-order valence-electron chi connectivity index (χ0n) is 14.0. The maximum atomic E-state index is 12.0. The van der Waals surface area contributed by atoms with Crippen LogP contribution in [0.25, 0.3) is 0 Å². The number of benzene rings is 2. The molecule has 2 nitrogen and oxygen atoms in total. The van der Waals surface area contributed by atoms with Crippen molar-refractivity contribution in [1.29, 1.82) is 0 Å². The molecule has 0 saturated carbocycles. The van der Waals surface area contributed by atoms with Gasteiger partial charge in [-0.05, 0) is 0 Å². The number of rotatable bonds is 0. The van der Waals surface area contributed by atoms with Crippen LogP contribution in [-0.2, 0) is 43.6 Å². The van der Waals surface area contributed by atoms with Crippen LogP contribution in [0.2, 0.25) is 0 Å². The second kappa shape index (κ2) is 14.7. The predicted octanol–water partition coefficient (Wildman–Crippen LogP) is 4.39. The van der Waals surface area contributed by atoms with Crippen LogP contribution in [-0.4, -0.2) is 26.4 Å². The van der Waals surface area contributed by atoms with Gasteiger partial charge in [0, 0.05) is 0 Å². The summed E-state index contributed by atoms with van der Waals surface area (Å²) in [5.41, 5.74) is 0. The van der Waals surface area contributed by atoms with Gasteiger partial charge in [-0.1, -0.05) is 0 Å². The normalized spacial score (nSPS) is 12.3. The summed E-state index contributed by atoms with van der Waals surface area (Å²) in [6.45, 7) is 3.11. The summed E-state index contributed by atoms with van der Waals surface area (Å²) in [6.07, 6.45) is 0. The van der Waals surface area contributed by atoms with Crippen LogP contribution < -0.4 is 0 Å². The van der Waals surface area contributed by atoms with Gasteiger partial charge in [-0.3, -0.25) is 17.6 Å². The molecule has 1 fully saturated rings. The minimum absolute atomic E-state index is 0. The Morgan fingerprint density at radius 2 is 0.600 bits per heavy atom. The molecule has 0 aliphatic carbocycles. The quantitative estimate of drug-likeness (QED) is 0.160. The monoisotopic (exact) mass is 548 g/mol. The third-order valence-corrected chi connectivity index (χ3v) is 2.72. The topological polar surface area (TPSA) is 18.5 Å². The second-order valence-corrected chi connectivity index (χ2v) is 4.61. The molecular weight excluding hydrogens is 541 g/mol. The number of hydrogen-bond acceptors (Lipinski definition) is 2. The van der Waals surface area contributed by atoms with Gasteiger partial charge in [0.2, 0.25) is 0 Å². The second-order valence-electron chi connectivity index (χ2n) is 4.61. The van der Waals surface area contributed by atoms with E-state index in [9.17, 15) is 43.9 Å². The Bertz CT molecular complexity index is 694. The van der Waals surface area contributed by atoms with Gasteiger partial charge in [0.05, 0.1) is 84.6 Å². The summed E-state index contributed by atoms with van der Waals surface area (Å²) in [5.74, 6) is -20.1. The summed E-state index contributed by atoms with van der Waals surface area (Å²) in [5, 5.41) is 0. The summed E-state index contributed by atoms with van der Waals surface area (Å²) < 4.78 is 130. The van der Waals surface area contributed by atoms with E-state index in [0.717, 1.165) is 38.6 Å². The molecule has 1 aliphatic rings. The molecule has 30 heavy (non-hydrogen) atoms. The van der Waals surface area contributed by atoms with E-state index in [-0.39, 0.29) is 34.1 Å². The van der Waals surface area contributed by atoms with Gasteiger partial charge >= 0.3 is 34.1 Å². The number of hydrogen-bond donors (Lipinski definition) is 0. The molecule has 14 heteroatoms. The van der Waals surface area contributed by atoms with E-state index >= 15 is 0 Å². The molecule has 0 spiro atoms. The molecule has 0 atom stereocenters. The molecule has 2 aromatic rings. The van der Waals surface area contributed by atoms with Crippen molar-refractivity contribution >= 4 is 0 Å². The van der Waals surface area contributed by atoms with Crippen LogP contribution in [0.3, 0.4) is 0 Å². The van der Waals surface area contributed by atoms with Crippen molar-refractivity contribution in [2.45, 2.75) is 0 Å². The van der Waals surface area contributed by atoms with Gasteiger partial charge in [-0.15, -0.1) is 12.1 Å². The zero-order chi connectivity index (χ0) is 21.4. The van der Waals surface area contributed by atoms with Gasteiger partial charge in [-0.25, -0.2) is 26.3 Å². The van der Waals surface area contributed by atoms with Crippen LogP contribution in [0.1, 0.15) is 0 Å². The molecule has 0 radical (unpaired) electrons. The molecule has 0 bridgehead atoms. The first kappa shape index (κ1) is 30.9. The smallest absolute Gasteiger partial charge is 0.377 e. The van der Waals surface area contributed by atoms with Crippen molar-refractivity contribution < 1.29 is 87.5 Å². The average Bonchev–Trinajstić information content (AvgIpc) is 2.70. The molecule has 1 heterocycles. The van der Waals surface area contributed by atoms with Crippen molar-refractivity contribution in [1.82, 2.24) is 0 Å². The van der Waals surface area contributed by atoms with E-state index < -0.39 is 58.2 Å². The fourth-order valence-corrected chi connectivity index (χ4v) is 1.43. The predicted molar refractivity (Wildman–Crippen MR) is 71.8 cm³/mol. The van der Waals surface area contributed by atoms with E-state index in [1.54, 1.807) is 0 Å². The van der Waals surface area contributed by atoms with Gasteiger partial charge in [0.25, 0.3) is 0 Å². The molecule has 0 aromatic heterocycles. The van der Waals surface area contributed by atoms with Crippen LogP contribution in [0.5, 0.6) is 0 Å². The summed E-state index contributed by atoms with van der Waals surface area (Å²) in [4.78, 5) is 0. The summed E-state index contributed by atoms with van der Waals surface area (Å²) >= 11 is 0. The Morgan fingerprint density at radius 3 is 0.767 bits per heavy atom. The Hall–Kier alpha value is -1.30. The van der Waals surface area contributed by atoms with Crippen LogP contribution in [0.15, 0.2) is 0 Å². The van der Waals surface area contributed by atoms with Gasteiger partial charge in [0.1, 0.15) is 0 Å². The Kier molecular flexibility index (Phi) is 15.1. The molecule has 0 unspecified atom stereocenters. The maximum absolute atomic E-state index is 12.0. The van der Waals surface area contributed by atoms with Crippen LogP contribution in [0.4, 0.5) is 43.9 Å². The Balaban J connectivity index is 0. The fourth-order valence-electron chi connectivity index (χ4n) is 1.43. The summed E-state index contributed by atoms with van der Waals surface area (Å²) in [6, 6.07) is 2.05. The zero-order valence-corrected chi connectivity index (χ0v) is 15.9. The molecule has 0 N–H and O–H groups in total. The first-order valence-corrected chi connectivity index (χ1v) is 7.04. The SMILES string of the molecule is C1COCCO1.Fc1[c-]c(F)c(F)c(F)c1F.Fc1[c-]c(F)c(F)c(F)c1F.[Cu+].[Cu+]. The molecular formula is C16H8Cu2F10O2. The van der Waals surface area contributed by atoms with E-state index in [1.807, 2.05) is 0 Å². The van der Waals surface area contributed by atoms with Crippen molar-refractivity contribution in [3.8, 4) is 0 Å². The van der Waals surface area contributed by atoms with E-state index in [4.69, 9.17) is 9.47 Å². The van der Waals surface area contributed by atoms with E-state index in [1.165, 1.54) is 0 Å². The Labute approximate surface area is 184 Å². The van der Waals surface area contributed by atoms with Crippen molar-refractivity contribution in [3.63, 3.8) is 0 Å². The average molecular weight is 549 g/mol. The van der Waals surface area contributed by atoms with Crippen LogP contribution in [0, 0.1) is 70.3 Å². The van der Waals surface area contributed by atoms with Gasteiger partial charge in [-0.2, -0.15) is 0 Å². The Morgan fingerprint density at radius 1 is 0.400 bits per heavy atom. The first-order chi connectivity index (χ1) is 13.1. The molecule has 1 saturated heterocycles. The number of halogens is 10. The molecule has 2 aromatic carbocycles. The van der Waals surface area contributed by atoms with E-state index in [0.29, 0.717) is 0 Å². The minimum Gasteiger partial charge on any atom is -0.377 e. The standard InChI is InChI=1S/2C6F5.C4H8O2.2Cu/c2*7-2-1-3(8)5(10)6(11)4(2)9;1-2-6-4-3-5-1;;/h;;1-4H2;;/q2*-1;;2*+1. The molecule has 0 amide bonds. The largest absolute Gasteiger partial charge is 1.00 e. The third-order valence-electron chi connectivity index (χ3n) is 2.72. The first-order valence-electron chi connectivity index (χ1n) is 7.04. The maximum Gasteiger partial charge on any atom is 1.00 e. The van der Waals surface area contributed by atoms with Gasteiger partial charge in [0.15, 0.2) is 0 Å². The van der Waals surface area contributed by atoms with Crippen molar-refractivity contribution in [2.24, 2.45) is 0 Å².